The summed E-state index contributed by atoms with van der Waals surface area (Å²) >= 11 is 9.66. The van der Waals surface area contributed by atoms with Gasteiger partial charge in [-0.3, -0.25) is 4.57 Å². The van der Waals surface area contributed by atoms with E-state index in [4.69, 9.17) is 22.6 Å². The molecule has 2 aromatic carbocycles. The Morgan fingerprint density at radius 1 is 1.25 bits per heavy atom. The average Bonchev–Trinajstić information content (AvgIpc) is 2.75. The zero-order chi connectivity index (χ0) is 14.3. The number of nitrogen functional groups attached to an aromatic ring is 1. The molecule has 3 aromatic rings. The Hall–Kier alpha value is -2.03. The van der Waals surface area contributed by atoms with Crippen LogP contribution in [0.4, 0.5) is 5.95 Å². The first-order valence-electron chi connectivity index (χ1n) is 5.73. The minimum atomic E-state index is 0.329. The SMILES string of the molecule is N#Cc1ccc(Cl)c(-n2c(N)nc3ccc(Br)cc32)c1. The van der Waals surface area contributed by atoms with E-state index in [1.807, 2.05) is 18.2 Å². The van der Waals surface area contributed by atoms with Crippen molar-refractivity contribution in [1.82, 2.24) is 9.55 Å². The topological polar surface area (TPSA) is 67.6 Å². The Balaban J connectivity index is 2.37. The van der Waals surface area contributed by atoms with E-state index in [1.165, 1.54) is 0 Å². The molecule has 98 valence electrons. The van der Waals surface area contributed by atoms with Gasteiger partial charge in [0.05, 0.1) is 33.4 Å². The molecule has 4 nitrogen and oxygen atoms in total. The maximum atomic E-state index is 9.02. The predicted octanol–water partition coefficient (Wildman–Crippen LogP) is 3.90. The number of imidazole rings is 1. The summed E-state index contributed by atoms with van der Waals surface area (Å²) in [6.07, 6.45) is 0. The molecule has 1 aromatic heterocycles. The largest absolute Gasteiger partial charge is 0.369 e. The molecule has 0 saturated heterocycles. The zero-order valence-electron chi connectivity index (χ0n) is 10.1. The van der Waals surface area contributed by atoms with Crippen molar-refractivity contribution in [2.45, 2.75) is 0 Å². The average molecular weight is 348 g/mol. The maximum absolute atomic E-state index is 9.02. The second-order valence-corrected chi connectivity index (χ2v) is 5.54. The lowest BCUT2D eigenvalue weighted by molar-refractivity contribution is 1.11. The van der Waals surface area contributed by atoms with Crippen molar-refractivity contribution in [3.05, 3.63) is 51.5 Å². The van der Waals surface area contributed by atoms with Gasteiger partial charge in [-0.15, -0.1) is 0 Å². The Kier molecular flexibility index (Phi) is 3.13. The van der Waals surface area contributed by atoms with Gasteiger partial charge in [0, 0.05) is 4.47 Å². The van der Waals surface area contributed by atoms with Crippen LogP contribution in [0.3, 0.4) is 0 Å². The molecular formula is C14H8BrClN4. The number of nitrogens with two attached hydrogens (primary N) is 1. The third kappa shape index (κ3) is 2.03. The zero-order valence-corrected chi connectivity index (χ0v) is 12.5. The van der Waals surface area contributed by atoms with Crippen LogP contribution in [0.15, 0.2) is 40.9 Å². The van der Waals surface area contributed by atoms with E-state index in [0.717, 1.165) is 15.5 Å². The summed E-state index contributed by atoms with van der Waals surface area (Å²) in [6.45, 7) is 0. The molecule has 0 amide bonds. The van der Waals surface area contributed by atoms with Gasteiger partial charge in [-0.25, -0.2) is 4.98 Å². The number of aromatic nitrogens is 2. The number of benzene rings is 2. The van der Waals surface area contributed by atoms with Crippen molar-refractivity contribution in [3.8, 4) is 11.8 Å². The van der Waals surface area contributed by atoms with E-state index in [9.17, 15) is 0 Å². The van der Waals surface area contributed by atoms with Crippen LogP contribution in [0.1, 0.15) is 5.56 Å². The highest BCUT2D eigenvalue weighted by atomic mass is 79.9. The molecule has 0 spiro atoms. The summed E-state index contributed by atoms with van der Waals surface area (Å²) in [7, 11) is 0. The van der Waals surface area contributed by atoms with Crippen LogP contribution in [0, 0.1) is 11.3 Å². The van der Waals surface area contributed by atoms with E-state index in [0.29, 0.717) is 22.2 Å². The number of hydrogen-bond acceptors (Lipinski definition) is 3. The monoisotopic (exact) mass is 346 g/mol. The Bertz CT molecular complexity index is 863. The van der Waals surface area contributed by atoms with Crippen LogP contribution in [0.5, 0.6) is 0 Å². The van der Waals surface area contributed by atoms with Gasteiger partial charge in [0.2, 0.25) is 5.95 Å². The van der Waals surface area contributed by atoms with Crippen molar-refractivity contribution < 1.29 is 0 Å². The van der Waals surface area contributed by atoms with Gasteiger partial charge in [0.1, 0.15) is 0 Å². The van der Waals surface area contributed by atoms with Crippen LogP contribution in [-0.2, 0) is 0 Å². The van der Waals surface area contributed by atoms with Gasteiger partial charge in [0.25, 0.3) is 0 Å². The van der Waals surface area contributed by atoms with Crippen LogP contribution < -0.4 is 5.73 Å². The van der Waals surface area contributed by atoms with E-state index in [2.05, 4.69) is 27.0 Å². The van der Waals surface area contributed by atoms with Crippen LogP contribution in [0.25, 0.3) is 16.7 Å². The summed E-state index contributed by atoms with van der Waals surface area (Å²) in [4.78, 5) is 4.31. The van der Waals surface area contributed by atoms with Gasteiger partial charge in [0.15, 0.2) is 0 Å². The number of halogens is 2. The lowest BCUT2D eigenvalue weighted by Crippen LogP contribution is -2.01. The van der Waals surface area contributed by atoms with Crippen molar-refractivity contribution in [2.75, 3.05) is 5.73 Å². The normalized spacial score (nSPS) is 10.7. The summed E-state index contributed by atoms with van der Waals surface area (Å²) in [5.74, 6) is 0.329. The number of anilines is 1. The second-order valence-electron chi connectivity index (χ2n) is 4.22. The van der Waals surface area contributed by atoms with Crippen molar-refractivity contribution in [2.24, 2.45) is 0 Å². The van der Waals surface area contributed by atoms with Crippen LogP contribution >= 0.6 is 27.5 Å². The molecule has 0 saturated carbocycles. The molecule has 0 aliphatic carbocycles. The predicted molar refractivity (Wildman–Crippen MR) is 82.9 cm³/mol. The maximum Gasteiger partial charge on any atom is 0.205 e. The van der Waals surface area contributed by atoms with E-state index >= 15 is 0 Å². The Labute approximate surface area is 128 Å². The lowest BCUT2D eigenvalue weighted by Gasteiger charge is -2.09. The van der Waals surface area contributed by atoms with Gasteiger partial charge in [-0.2, -0.15) is 5.26 Å². The molecule has 1 heterocycles. The number of nitrogens with zero attached hydrogens (tertiary/aromatic N) is 3. The summed E-state index contributed by atoms with van der Waals surface area (Å²) < 4.78 is 2.65. The van der Waals surface area contributed by atoms with E-state index < -0.39 is 0 Å². The molecule has 3 rings (SSSR count). The molecule has 2 N–H and O–H groups in total. The van der Waals surface area contributed by atoms with Gasteiger partial charge in [-0.1, -0.05) is 27.5 Å². The first-order chi connectivity index (χ1) is 9.60. The number of nitriles is 1. The molecule has 0 atom stereocenters. The highest BCUT2D eigenvalue weighted by molar-refractivity contribution is 9.10. The van der Waals surface area contributed by atoms with Crippen molar-refractivity contribution in [1.29, 1.82) is 5.26 Å². The number of rotatable bonds is 1. The van der Waals surface area contributed by atoms with Crippen molar-refractivity contribution >= 4 is 44.5 Å². The summed E-state index contributed by atoms with van der Waals surface area (Å²) in [6, 6.07) is 12.8. The highest BCUT2D eigenvalue weighted by Gasteiger charge is 2.13. The molecule has 0 unspecified atom stereocenters. The minimum absolute atomic E-state index is 0.329. The fraction of sp³-hybridized carbons (Fsp3) is 0. The minimum Gasteiger partial charge on any atom is -0.369 e. The summed E-state index contributed by atoms with van der Waals surface area (Å²) in [5.41, 5.74) is 8.74. The number of hydrogen-bond donors (Lipinski definition) is 1. The van der Waals surface area contributed by atoms with E-state index in [1.54, 1.807) is 22.8 Å². The third-order valence-electron chi connectivity index (χ3n) is 2.96. The molecule has 0 radical (unpaired) electrons. The lowest BCUT2D eigenvalue weighted by atomic mass is 10.2. The fourth-order valence-electron chi connectivity index (χ4n) is 2.07. The third-order valence-corrected chi connectivity index (χ3v) is 3.77. The fourth-order valence-corrected chi connectivity index (χ4v) is 2.62. The molecular weight excluding hydrogens is 340 g/mol. The van der Waals surface area contributed by atoms with Crippen molar-refractivity contribution in [3.63, 3.8) is 0 Å². The van der Waals surface area contributed by atoms with Crippen LogP contribution in [-0.4, -0.2) is 9.55 Å². The van der Waals surface area contributed by atoms with Gasteiger partial charge in [-0.05, 0) is 36.4 Å². The number of fused-ring (bicyclic) bond motifs is 1. The molecule has 6 heteroatoms. The van der Waals surface area contributed by atoms with E-state index in [-0.39, 0.29) is 0 Å². The molecule has 0 aliphatic heterocycles. The second kappa shape index (κ2) is 4.82. The van der Waals surface area contributed by atoms with Gasteiger partial charge < -0.3 is 5.73 Å². The summed E-state index contributed by atoms with van der Waals surface area (Å²) in [5, 5.41) is 9.53. The first-order valence-corrected chi connectivity index (χ1v) is 6.91. The smallest absolute Gasteiger partial charge is 0.205 e. The Morgan fingerprint density at radius 3 is 2.80 bits per heavy atom. The Morgan fingerprint density at radius 2 is 2.05 bits per heavy atom. The standard InChI is InChI=1S/C14H8BrClN4/c15-9-2-4-11-13(6-9)20(14(18)19-11)12-5-8(7-17)1-3-10(12)16/h1-6H,(H2,18,19). The molecule has 0 fully saturated rings. The van der Waals surface area contributed by atoms with Gasteiger partial charge >= 0.3 is 0 Å². The first kappa shape index (κ1) is 13.0. The molecule has 0 aliphatic rings. The highest BCUT2D eigenvalue weighted by Crippen LogP contribution is 2.30. The van der Waals surface area contributed by atoms with Crippen LogP contribution in [0.2, 0.25) is 5.02 Å². The molecule has 0 bridgehead atoms. The molecule has 20 heavy (non-hydrogen) atoms. The quantitative estimate of drug-likeness (QED) is 0.726.